The Morgan fingerprint density at radius 1 is 1.00 bits per heavy atom. The lowest BCUT2D eigenvalue weighted by Gasteiger charge is -2.06. The van der Waals surface area contributed by atoms with Crippen LogP contribution in [-0.2, 0) is 0 Å². The molecule has 0 amide bonds. The molecule has 0 aliphatic rings. The molecule has 1 unspecified atom stereocenters. The van der Waals surface area contributed by atoms with Gasteiger partial charge >= 0.3 is 0 Å². The highest BCUT2D eigenvalue weighted by Crippen LogP contribution is 2.32. The normalized spacial score (nSPS) is 11.9. The summed E-state index contributed by atoms with van der Waals surface area (Å²) in [7, 11) is 0. The number of halogens is 1. The molecule has 1 N–H and O–H groups in total. The standard InChI is InChI=1S/C23H17ClN2O/c1-3-15(2)27-22-14-21-20(25-22)13-19(24)23(26-21)18-11-9-17(10-12-18)16-7-5-4-6-8-16/h1,4-15,25H,2H3. The van der Waals surface area contributed by atoms with E-state index in [1.54, 1.807) is 0 Å². The molecule has 4 rings (SSSR count). The Balaban J connectivity index is 1.69. The Labute approximate surface area is 163 Å². The quantitative estimate of drug-likeness (QED) is 0.449. The van der Waals surface area contributed by atoms with E-state index in [4.69, 9.17) is 27.7 Å². The van der Waals surface area contributed by atoms with Gasteiger partial charge in [0.1, 0.15) is 0 Å². The number of rotatable bonds is 4. The van der Waals surface area contributed by atoms with Crippen molar-refractivity contribution in [3.05, 3.63) is 71.8 Å². The van der Waals surface area contributed by atoms with Crippen molar-refractivity contribution in [3.8, 4) is 40.6 Å². The molecule has 132 valence electrons. The molecular formula is C23H17ClN2O. The van der Waals surface area contributed by atoms with Crippen LogP contribution >= 0.6 is 11.6 Å². The third-order valence-corrected chi connectivity index (χ3v) is 4.62. The summed E-state index contributed by atoms with van der Waals surface area (Å²) in [5.74, 6) is 3.12. The number of fused-ring (bicyclic) bond motifs is 1. The van der Waals surface area contributed by atoms with Crippen LogP contribution in [0, 0.1) is 12.3 Å². The van der Waals surface area contributed by atoms with E-state index in [0.717, 1.165) is 27.9 Å². The lowest BCUT2D eigenvalue weighted by molar-refractivity contribution is 0.270. The Hall–Kier alpha value is -3.22. The molecular weight excluding hydrogens is 356 g/mol. The summed E-state index contributed by atoms with van der Waals surface area (Å²) >= 11 is 6.48. The summed E-state index contributed by atoms with van der Waals surface area (Å²) in [4.78, 5) is 7.85. The Kier molecular flexibility index (Phi) is 4.58. The molecule has 4 heteroatoms. The zero-order chi connectivity index (χ0) is 18.8. The summed E-state index contributed by atoms with van der Waals surface area (Å²) in [6.45, 7) is 1.81. The second kappa shape index (κ2) is 7.19. The van der Waals surface area contributed by atoms with E-state index < -0.39 is 0 Å². The molecule has 0 saturated carbocycles. The predicted octanol–water partition coefficient (Wildman–Crippen LogP) is 5.95. The molecule has 0 bridgehead atoms. The van der Waals surface area contributed by atoms with Gasteiger partial charge in [0.05, 0.1) is 21.7 Å². The first-order chi connectivity index (χ1) is 13.1. The smallest absolute Gasteiger partial charge is 0.194 e. The average Bonchev–Trinajstić information content (AvgIpc) is 3.09. The number of H-pyrrole nitrogens is 1. The van der Waals surface area contributed by atoms with E-state index in [0.29, 0.717) is 10.9 Å². The van der Waals surface area contributed by atoms with Crippen LogP contribution in [0.25, 0.3) is 33.4 Å². The van der Waals surface area contributed by atoms with Gasteiger partial charge in [-0.1, -0.05) is 72.1 Å². The van der Waals surface area contributed by atoms with E-state index >= 15 is 0 Å². The van der Waals surface area contributed by atoms with Crippen LogP contribution in [-0.4, -0.2) is 16.1 Å². The van der Waals surface area contributed by atoms with E-state index in [-0.39, 0.29) is 6.10 Å². The van der Waals surface area contributed by atoms with Gasteiger partial charge in [-0.25, -0.2) is 4.98 Å². The Morgan fingerprint density at radius 2 is 1.67 bits per heavy atom. The van der Waals surface area contributed by atoms with Crippen LogP contribution in [0.4, 0.5) is 0 Å². The van der Waals surface area contributed by atoms with Crippen molar-refractivity contribution in [1.82, 2.24) is 9.97 Å². The number of benzene rings is 2. The third kappa shape index (κ3) is 3.53. The SMILES string of the molecule is C#CC(C)Oc1cc2nc(-c3ccc(-c4ccccc4)cc3)c(Cl)cc2[nH]1. The van der Waals surface area contributed by atoms with Crippen LogP contribution in [0.1, 0.15) is 6.92 Å². The molecule has 2 aromatic heterocycles. The molecule has 0 spiro atoms. The minimum Gasteiger partial charge on any atom is -0.463 e. The largest absolute Gasteiger partial charge is 0.463 e. The van der Waals surface area contributed by atoms with E-state index in [9.17, 15) is 0 Å². The molecule has 27 heavy (non-hydrogen) atoms. The van der Waals surface area contributed by atoms with Crippen molar-refractivity contribution in [2.24, 2.45) is 0 Å². The van der Waals surface area contributed by atoms with Gasteiger partial charge in [0.25, 0.3) is 0 Å². The van der Waals surface area contributed by atoms with Crippen molar-refractivity contribution < 1.29 is 4.74 Å². The number of ether oxygens (including phenoxy) is 1. The number of pyridine rings is 1. The van der Waals surface area contributed by atoms with E-state index in [1.165, 1.54) is 5.56 Å². The number of nitrogens with one attached hydrogen (secondary N) is 1. The highest BCUT2D eigenvalue weighted by Gasteiger charge is 2.12. The predicted molar refractivity (Wildman–Crippen MR) is 111 cm³/mol. The van der Waals surface area contributed by atoms with Crippen LogP contribution in [0.3, 0.4) is 0 Å². The van der Waals surface area contributed by atoms with Crippen LogP contribution < -0.4 is 4.74 Å². The van der Waals surface area contributed by atoms with Gasteiger partial charge in [-0.05, 0) is 24.1 Å². The van der Waals surface area contributed by atoms with Crippen molar-refractivity contribution in [1.29, 1.82) is 0 Å². The molecule has 4 aromatic rings. The van der Waals surface area contributed by atoms with Crippen molar-refractivity contribution in [3.63, 3.8) is 0 Å². The first-order valence-electron chi connectivity index (χ1n) is 8.62. The zero-order valence-electron chi connectivity index (χ0n) is 14.7. The summed E-state index contributed by atoms with van der Waals surface area (Å²) in [6.07, 6.45) is 5.05. The molecule has 3 nitrogen and oxygen atoms in total. The molecule has 0 saturated heterocycles. The van der Waals surface area contributed by atoms with Crippen LogP contribution in [0.2, 0.25) is 5.02 Å². The second-order valence-electron chi connectivity index (χ2n) is 6.26. The number of nitrogens with zero attached hydrogens (tertiary/aromatic N) is 1. The van der Waals surface area contributed by atoms with Crippen LogP contribution in [0.15, 0.2) is 66.7 Å². The van der Waals surface area contributed by atoms with Gasteiger partial charge in [0, 0.05) is 11.6 Å². The fourth-order valence-corrected chi connectivity index (χ4v) is 3.21. The minimum absolute atomic E-state index is 0.321. The van der Waals surface area contributed by atoms with Crippen molar-refractivity contribution in [2.75, 3.05) is 0 Å². The number of aromatic amines is 1. The van der Waals surface area contributed by atoms with Gasteiger partial charge < -0.3 is 9.72 Å². The van der Waals surface area contributed by atoms with Gasteiger partial charge in [-0.15, -0.1) is 6.42 Å². The van der Waals surface area contributed by atoms with E-state index in [1.807, 2.05) is 49.4 Å². The van der Waals surface area contributed by atoms with Gasteiger partial charge in [0.2, 0.25) is 0 Å². The molecule has 2 aromatic carbocycles. The fraction of sp³-hybridized carbons (Fsp3) is 0.0870. The van der Waals surface area contributed by atoms with E-state index in [2.05, 4.69) is 35.2 Å². The maximum absolute atomic E-state index is 6.48. The molecule has 0 aliphatic carbocycles. The summed E-state index contributed by atoms with van der Waals surface area (Å²) in [6, 6.07) is 22.2. The van der Waals surface area contributed by atoms with Gasteiger partial charge in [-0.3, -0.25) is 0 Å². The monoisotopic (exact) mass is 372 g/mol. The molecule has 2 heterocycles. The lowest BCUT2D eigenvalue weighted by Crippen LogP contribution is -2.07. The first-order valence-corrected chi connectivity index (χ1v) is 9.00. The third-order valence-electron chi connectivity index (χ3n) is 4.34. The average molecular weight is 373 g/mol. The van der Waals surface area contributed by atoms with Crippen molar-refractivity contribution in [2.45, 2.75) is 13.0 Å². The molecule has 0 fully saturated rings. The maximum Gasteiger partial charge on any atom is 0.194 e. The summed E-state index contributed by atoms with van der Waals surface area (Å²) < 4.78 is 5.62. The highest BCUT2D eigenvalue weighted by atomic mass is 35.5. The number of aromatic nitrogens is 2. The Morgan fingerprint density at radius 3 is 2.37 bits per heavy atom. The minimum atomic E-state index is -0.321. The number of hydrogen-bond donors (Lipinski definition) is 1. The van der Waals surface area contributed by atoms with Crippen LogP contribution in [0.5, 0.6) is 5.88 Å². The molecule has 0 aliphatic heterocycles. The highest BCUT2D eigenvalue weighted by molar-refractivity contribution is 6.33. The summed E-state index contributed by atoms with van der Waals surface area (Å²) in [5.41, 5.74) is 5.61. The lowest BCUT2D eigenvalue weighted by atomic mass is 10.0. The second-order valence-corrected chi connectivity index (χ2v) is 6.66. The van der Waals surface area contributed by atoms with Gasteiger partial charge in [0.15, 0.2) is 12.0 Å². The topological polar surface area (TPSA) is 37.9 Å². The summed E-state index contributed by atoms with van der Waals surface area (Å²) in [5, 5.41) is 0.577. The maximum atomic E-state index is 6.48. The molecule has 0 radical (unpaired) electrons. The molecule has 1 atom stereocenters. The Bertz CT molecular complexity index is 1120. The van der Waals surface area contributed by atoms with Gasteiger partial charge in [-0.2, -0.15) is 0 Å². The van der Waals surface area contributed by atoms with Crippen molar-refractivity contribution >= 4 is 22.6 Å². The number of terminal acetylenes is 1. The number of hydrogen-bond acceptors (Lipinski definition) is 2. The fourth-order valence-electron chi connectivity index (χ4n) is 2.95. The zero-order valence-corrected chi connectivity index (χ0v) is 15.5. The first kappa shape index (κ1) is 17.2.